The van der Waals surface area contributed by atoms with Crippen molar-refractivity contribution >= 4 is 40.4 Å². The zero-order valence-corrected chi connectivity index (χ0v) is 17.8. The Bertz CT molecular complexity index is 1420. The molecule has 7 nitrogen and oxygen atoms in total. The van der Waals surface area contributed by atoms with E-state index in [1.807, 2.05) is 0 Å². The van der Waals surface area contributed by atoms with Gasteiger partial charge < -0.3 is 14.8 Å². The van der Waals surface area contributed by atoms with Crippen molar-refractivity contribution in [1.29, 1.82) is 0 Å². The highest BCUT2D eigenvalue weighted by atomic mass is 35.5. The van der Waals surface area contributed by atoms with Crippen molar-refractivity contribution in [2.75, 3.05) is 12.1 Å². The van der Waals surface area contributed by atoms with Gasteiger partial charge >= 0.3 is 6.18 Å². The Balaban J connectivity index is 1.54. The van der Waals surface area contributed by atoms with Gasteiger partial charge in [-0.15, -0.1) is 0 Å². The first-order chi connectivity index (χ1) is 15.7. The van der Waals surface area contributed by atoms with Crippen LogP contribution in [-0.4, -0.2) is 27.3 Å². The van der Waals surface area contributed by atoms with E-state index in [0.29, 0.717) is 27.3 Å². The van der Waals surface area contributed by atoms with E-state index in [0.717, 1.165) is 6.07 Å². The van der Waals surface area contributed by atoms with Gasteiger partial charge in [-0.25, -0.2) is 9.50 Å². The average molecular weight is 495 g/mol. The summed E-state index contributed by atoms with van der Waals surface area (Å²) in [6.07, 6.45) is -4.76. The second-order valence-corrected chi connectivity index (χ2v) is 7.79. The minimum Gasteiger partial charge on any atom is -0.454 e. The Morgan fingerprint density at radius 2 is 1.79 bits per heavy atom. The number of fused-ring (bicyclic) bond motifs is 2. The number of hydrogen-bond acceptors (Lipinski definition) is 5. The largest absolute Gasteiger partial charge is 0.454 e. The van der Waals surface area contributed by atoms with E-state index >= 15 is 0 Å². The third-order valence-corrected chi connectivity index (χ3v) is 5.54. The molecule has 0 saturated heterocycles. The van der Waals surface area contributed by atoms with E-state index in [2.05, 4.69) is 15.4 Å². The summed E-state index contributed by atoms with van der Waals surface area (Å²) in [7, 11) is 0. The van der Waals surface area contributed by atoms with E-state index in [1.54, 1.807) is 12.1 Å². The molecule has 3 heterocycles. The molecule has 0 aliphatic carbocycles. The number of amides is 1. The molecule has 33 heavy (non-hydrogen) atoms. The molecule has 2 aromatic carbocycles. The van der Waals surface area contributed by atoms with Gasteiger partial charge in [0, 0.05) is 23.4 Å². The number of hydrogen-bond donors (Lipinski definition) is 1. The van der Waals surface area contributed by atoms with Crippen LogP contribution in [0.1, 0.15) is 16.2 Å². The summed E-state index contributed by atoms with van der Waals surface area (Å²) in [4.78, 5) is 16.9. The summed E-state index contributed by atoms with van der Waals surface area (Å²) in [5, 5.41) is 6.83. The lowest BCUT2D eigenvalue weighted by molar-refractivity contribution is -0.142. The molecule has 2 aromatic heterocycles. The van der Waals surface area contributed by atoms with Crippen molar-refractivity contribution < 1.29 is 27.4 Å². The van der Waals surface area contributed by atoms with Crippen molar-refractivity contribution in [3.8, 4) is 22.8 Å². The fourth-order valence-electron chi connectivity index (χ4n) is 3.26. The molecular weight excluding hydrogens is 484 g/mol. The summed E-state index contributed by atoms with van der Waals surface area (Å²) in [6.45, 7) is 0.0617. The fourth-order valence-corrected chi connectivity index (χ4v) is 3.56. The Hall–Kier alpha value is -3.50. The number of halogens is 5. The first-order valence-electron chi connectivity index (χ1n) is 9.33. The highest BCUT2D eigenvalue weighted by Gasteiger charge is 2.35. The average Bonchev–Trinajstić information content (AvgIpc) is 3.40. The molecule has 0 saturated carbocycles. The maximum Gasteiger partial charge on any atom is 0.433 e. The van der Waals surface area contributed by atoms with Gasteiger partial charge in [0.15, 0.2) is 28.5 Å². The van der Waals surface area contributed by atoms with Gasteiger partial charge in [-0.1, -0.05) is 29.3 Å². The molecule has 0 radical (unpaired) electrons. The van der Waals surface area contributed by atoms with Crippen LogP contribution in [0.2, 0.25) is 10.0 Å². The van der Waals surface area contributed by atoms with Gasteiger partial charge in [0.1, 0.15) is 0 Å². The quantitative estimate of drug-likeness (QED) is 0.395. The van der Waals surface area contributed by atoms with Gasteiger partial charge in [0.05, 0.1) is 15.7 Å². The first-order valence-corrected chi connectivity index (χ1v) is 10.1. The van der Waals surface area contributed by atoms with Crippen LogP contribution >= 0.6 is 23.2 Å². The number of rotatable bonds is 3. The molecule has 5 rings (SSSR count). The Morgan fingerprint density at radius 1 is 1.00 bits per heavy atom. The number of alkyl halides is 3. The number of anilines is 1. The lowest BCUT2D eigenvalue weighted by Gasteiger charge is -2.11. The lowest BCUT2D eigenvalue weighted by Crippen LogP contribution is -2.15. The lowest BCUT2D eigenvalue weighted by atomic mass is 10.1. The van der Waals surface area contributed by atoms with Crippen molar-refractivity contribution in [2.24, 2.45) is 0 Å². The van der Waals surface area contributed by atoms with E-state index in [1.165, 1.54) is 30.3 Å². The van der Waals surface area contributed by atoms with Crippen LogP contribution in [-0.2, 0) is 6.18 Å². The number of nitrogens with one attached hydrogen (secondary N) is 1. The van der Waals surface area contributed by atoms with Crippen LogP contribution in [0.25, 0.3) is 16.9 Å². The number of aromatic nitrogens is 3. The highest BCUT2D eigenvalue weighted by molar-refractivity contribution is 6.42. The van der Waals surface area contributed by atoms with Crippen LogP contribution in [0, 0.1) is 0 Å². The Morgan fingerprint density at radius 3 is 2.55 bits per heavy atom. The number of ether oxygens (including phenoxy) is 2. The Kier molecular flexibility index (Phi) is 5.06. The number of carbonyl (C=O) groups excluding carboxylic acids is 1. The maximum atomic E-state index is 13.8. The predicted molar refractivity (Wildman–Crippen MR) is 114 cm³/mol. The predicted octanol–water partition coefficient (Wildman–Crippen LogP) is 5.70. The first kappa shape index (κ1) is 21.4. The zero-order chi connectivity index (χ0) is 23.3. The number of nitrogens with zero attached hydrogens (tertiary/aromatic N) is 3. The molecule has 1 N–H and O–H groups in total. The molecule has 4 aromatic rings. The fraction of sp³-hybridized carbons (Fsp3) is 0.0952. The van der Waals surface area contributed by atoms with E-state index in [4.69, 9.17) is 32.7 Å². The van der Waals surface area contributed by atoms with Crippen LogP contribution < -0.4 is 14.8 Å². The summed E-state index contributed by atoms with van der Waals surface area (Å²) in [5.74, 6) is 0.244. The smallest absolute Gasteiger partial charge is 0.433 e. The topological polar surface area (TPSA) is 77.8 Å². The molecule has 12 heteroatoms. The molecule has 1 aliphatic rings. The summed E-state index contributed by atoms with van der Waals surface area (Å²) in [6, 6.07) is 11.1. The summed E-state index contributed by atoms with van der Waals surface area (Å²) in [5.41, 5.74) is -0.836. The van der Waals surface area contributed by atoms with Crippen LogP contribution in [0.3, 0.4) is 0 Å². The molecule has 0 atom stereocenters. The van der Waals surface area contributed by atoms with Gasteiger partial charge in [0.25, 0.3) is 5.91 Å². The molecule has 1 amide bonds. The van der Waals surface area contributed by atoms with Crippen LogP contribution in [0.4, 0.5) is 18.9 Å². The third kappa shape index (κ3) is 4.03. The molecule has 0 unspecified atom stereocenters. The molecule has 0 spiro atoms. The minimum atomic E-state index is -4.76. The summed E-state index contributed by atoms with van der Waals surface area (Å²) < 4.78 is 52.4. The van der Waals surface area contributed by atoms with Crippen molar-refractivity contribution in [2.45, 2.75) is 6.18 Å². The van der Waals surface area contributed by atoms with Gasteiger partial charge in [-0.2, -0.15) is 18.3 Å². The Labute approximate surface area is 193 Å². The molecule has 1 aliphatic heterocycles. The molecule has 0 fully saturated rings. The number of carbonyl (C=O) groups is 1. The van der Waals surface area contributed by atoms with Crippen molar-refractivity contribution in [1.82, 2.24) is 14.6 Å². The van der Waals surface area contributed by atoms with E-state index < -0.39 is 17.8 Å². The van der Waals surface area contributed by atoms with E-state index in [9.17, 15) is 18.0 Å². The SMILES string of the molecule is O=C(Nc1ccc2c(c1)OCO2)c1cc2nc(-c3ccc(Cl)c(Cl)c3)cc(C(F)(F)F)n2n1. The van der Waals surface area contributed by atoms with Crippen LogP contribution in [0.5, 0.6) is 11.5 Å². The third-order valence-electron chi connectivity index (χ3n) is 4.80. The zero-order valence-electron chi connectivity index (χ0n) is 16.3. The minimum absolute atomic E-state index is 0.00368. The molecule has 0 bridgehead atoms. The van der Waals surface area contributed by atoms with E-state index in [-0.39, 0.29) is 33.9 Å². The van der Waals surface area contributed by atoms with Crippen LogP contribution in [0.15, 0.2) is 48.5 Å². The highest BCUT2D eigenvalue weighted by Crippen LogP contribution is 2.35. The standard InChI is InChI=1S/C21H11Cl2F3N4O3/c22-12-3-1-10(5-13(12)23)14-7-18(21(24,25)26)30-19(28-14)8-15(29-30)20(31)27-11-2-4-16-17(6-11)33-9-32-16/h1-8H,9H2,(H,27,31). The number of benzene rings is 2. The van der Waals surface area contributed by atoms with Crippen molar-refractivity contribution in [3.05, 3.63) is 70.0 Å². The molecular formula is C21H11Cl2F3N4O3. The van der Waals surface area contributed by atoms with Gasteiger partial charge in [0.2, 0.25) is 6.79 Å². The maximum absolute atomic E-state index is 13.8. The van der Waals surface area contributed by atoms with Crippen molar-refractivity contribution in [3.63, 3.8) is 0 Å². The normalized spacial score (nSPS) is 12.9. The van der Waals surface area contributed by atoms with Gasteiger partial charge in [-0.05, 0) is 30.3 Å². The second kappa shape index (κ2) is 7.82. The summed E-state index contributed by atoms with van der Waals surface area (Å²) >= 11 is 11.9. The monoisotopic (exact) mass is 494 g/mol. The second-order valence-electron chi connectivity index (χ2n) is 6.98. The molecule has 168 valence electrons. The van der Waals surface area contributed by atoms with Gasteiger partial charge in [-0.3, -0.25) is 4.79 Å².